The van der Waals surface area contributed by atoms with Crippen molar-refractivity contribution in [3.05, 3.63) is 39.4 Å². The molecule has 3 heterocycles. The van der Waals surface area contributed by atoms with E-state index in [-0.39, 0.29) is 24.0 Å². The van der Waals surface area contributed by atoms with Gasteiger partial charge >= 0.3 is 0 Å². The smallest absolute Gasteiger partial charge is 0.193 e. The van der Waals surface area contributed by atoms with Crippen LogP contribution >= 0.6 is 46.9 Å². The Morgan fingerprint density at radius 3 is 2.72 bits per heavy atom. The van der Waals surface area contributed by atoms with E-state index >= 15 is 0 Å². The molecule has 0 aromatic carbocycles. The molecule has 0 bridgehead atoms. The minimum absolute atomic E-state index is 0. The summed E-state index contributed by atoms with van der Waals surface area (Å²) in [6, 6.07) is 5.95. The summed E-state index contributed by atoms with van der Waals surface area (Å²) in [5, 5.41) is 7.43. The quantitative estimate of drug-likeness (QED) is 0.393. The summed E-state index contributed by atoms with van der Waals surface area (Å²) in [5.41, 5.74) is 0.987. The van der Waals surface area contributed by atoms with Gasteiger partial charge in [0.2, 0.25) is 0 Å². The molecule has 9 heteroatoms. The highest BCUT2D eigenvalue weighted by Crippen LogP contribution is 2.21. The zero-order chi connectivity index (χ0) is 16.8. The molecule has 2 aromatic heterocycles. The van der Waals surface area contributed by atoms with E-state index in [2.05, 4.69) is 31.3 Å². The fourth-order valence-corrected chi connectivity index (χ4v) is 3.87. The van der Waals surface area contributed by atoms with Gasteiger partial charge in [0.05, 0.1) is 10.0 Å². The summed E-state index contributed by atoms with van der Waals surface area (Å²) in [7, 11) is 1.84. The second kappa shape index (κ2) is 10.3. The molecule has 0 unspecified atom stereocenters. The van der Waals surface area contributed by atoms with Crippen molar-refractivity contribution in [2.75, 3.05) is 39.8 Å². The maximum atomic E-state index is 5.97. The summed E-state index contributed by atoms with van der Waals surface area (Å²) in [6.07, 6.45) is 2.58. The SMILES string of the molecule is CN=C(NCCc1ccc(Cl)s1)N1CCN(Cc2ccon2)CC1.I. The Bertz CT molecular complexity index is 655. The number of halogens is 2. The number of aliphatic imine (C=N–C) groups is 1. The van der Waals surface area contributed by atoms with Gasteiger partial charge in [0, 0.05) is 57.3 Å². The average molecular weight is 496 g/mol. The third-order valence-electron chi connectivity index (χ3n) is 4.04. The minimum Gasteiger partial charge on any atom is -0.364 e. The third kappa shape index (κ3) is 6.12. The van der Waals surface area contributed by atoms with Crippen LogP contribution in [0.25, 0.3) is 0 Å². The molecule has 0 saturated carbocycles. The molecule has 25 heavy (non-hydrogen) atoms. The van der Waals surface area contributed by atoms with Gasteiger partial charge in [0.1, 0.15) is 6.26 Å². The van der Waals surface area contributed by atoms with E-state index in [1.807, 2.05) is 19.2 Å². The van der Waals surface area contributed by atoms with E-state index in [1.54, 1.807) is 17.6 Å². The van der Waals surface area contributed by atoms with Crippen LogP contribution < -0.4 is 5.32 Å². The van der Waals surface area contributed by atoms with Gasteiger partial charge in [-0.15, -0.1) is 35.3 Å². The predicted octanol–water partition coefficient (Wildman–Crippen LogP) is 2.94. The van der Waals surface area contributed by atoms with Gasteiger partial charge in [-0.25, -0.2) is 0 Å². The molecule has 0 aliphatic carbocycles. The van der Waals surface area contributed by atoms with Crippen molar-refractivity contribution >= 4 is 52.9 Å². The number of aromatic nitrogens is 1. The van der Waals surface area contributed by atoms with Crippen molar-refractivity contribution in [2.24, 2.45) is 4.99 Å². The Kier molecular flexibility index (Phi) is 8.47. The second-order valence-corrected chi connectivity index (χ2v) is 7.48. The lowest BCUT2D eigenvalue weighted by molar-refractivity contribution is 0.169. The lowest BCUT2D eigenvalue weighted by atomic mass is 10.3. The number of thiophene rings is 1. The number of guanidine groups is 1. The minimum atomic E-state index is 0. The fourth-order valence-electron chi connectivity index (χ4n) is 2.78. The van der Waals surface area contributed by atoms with Crippen molar-refractivity contribution < 1.29 is 4.52 Å². The molecule has 0 radical (unpaired) electrons. The first kappa shape index (κ1) is 20.5. The number of piperazine rings is 1. The average Bonchev–Trinajstić information content (AvgIpc) is 3.24. The normalized spacial score (nSPS) is 15.9. The molecule has 1 aliphatic heterocycles. The van der Waals surface area contributed by atoms with E-state index in [0.29, 0.717) is 0 Å². The van der Waals surface area contributed by atoms with Gasteiger partial charge in [-0.1, -0.05) is 16.8 Å². The van der Waals surface area contributed by atoms with Crippen LogP contribution in [-0.2, 0) is 13.0 Å². The van der Waals surface area contributed by atoms with Crippen LogP contribution in [0.1, 0.15) is 10.6 Å². The Hall–Kier alpha value is -0.840. The fraction of sp³-hybridized carbons (Fsp3) is 0.500. The Morgan fingerprint density at radius 1 is 1.32 bits per heavy atom. The second-order valence-electron chi connectivity index (χ2n) is 5.68. The molecule has 0 amide bonds. The summed E-state index contributed by atoms with van der Waals surface area (Å²) in [4.78, 5) is 10.4. The number of hydrogen-bond donors (Lipinski definition) is 1. The summed E-state index contributed by atoms with van der Waals surface area (Å²) in [6.45, 7) is 5.62. The molecule has 2 aromatic rings. The van der Waals surface area contributed by atoms with Gasteiger partial charge in [0.15, 0.2) is 5.96 Å². The zero-order valence-corrected chi connectivity index (χ0v) is 18.1. The molecular formula is C16H23ClIN5OS. The van der Waals surface area contributed by atoms with E-state index < -0.39 is 0 Å². The van der Waals surface area contributed by atoms with E-state index in [4.69, 9.17) is 16.1 Å². The molecule has 1 N–H and O–H groups in total. The zero-order valence-electron chi connectivity index (χ0n) is 14.2. The monoisotopic (exact) mass is 495 g/mol. The highest BCUT2D eigenvalue weighted by molar-refractivity contribution is 14.0. The molecular weight excluding hydrogens is 473 g/mol. The first-order chi connectivity index (χ1) is 11.7. The Balaban J connectivity index is 0.00000225. The van der Waals surface area contributed by atoms with E-state index in [1.165, 1.54) is 4.88 Å². The molecule has 0 spiro atoms. The van der Waals surface area contributed by atoms with Crippen molar-refractivity contribution in [2.45, 2.75) is 13.0 Å². The highest BCUT2D eigenvalue weighted by atomic mass is 127. The van der Waals surface area contributed by atoms with Crippen LogP contribution in [-0.4, -0.2) is 60.7 Å². The van der Waals surface area contributed by atoms with Crippen molar-refractivity contribution in [3.8, 4) is 0 Å². The van der Waals surface area contributed by atoms with Crippen molar-refractivity contribution in [1.82, 2.24) is 20.3 Å². The molecule has 0 atom stereocenters. The van der Waals surface area contributed by atoms with Crippen LogP contribution in [0, 0.1) is 0 Å². The van der Waals surface area contributed by atoms with Gasteiger partial charge in [-0.2, -0.15) is 0 Å². The molecule has 138 valence electrons. The molecule has 1 fully saturated rings. The maximum absolute atomic E-state index is 5.97. The van der Waals surface area contributed by atoms with Crippen LogP contribution in [0.5, 0.6) is 0 Å². The molecule has 1 saturated heterocycles. The van der Waals surface area contributed by atoms with E-state index in [9.17, 15) is 0 Å². The van der Waals surface area contributed by atoms with E-state index in [0.717, 1.165) is 61.7 Å². The standard InChI is InChI=1S/C16H22ClN5OS.HI/c1-18-16(19-6-4-14-2-3-15(17)24-14)22-9-7-21(8-10-22)12-13-5-11-23-20-13;/h2-3,5,11H,4,6-10,12H2,1H3,(H,18,19);1H. The summed E-state index contributed by atoms with van der Waals surface area (Å²) in [5.74, 6) is 0.971. The largest absolute Gasteiger partial charge is 0.364 e. The topological polar surface area (TPSA) is 56.9 Å². The number of nitrogens with zero attached hydrogens (tertiary/aromatic N) is 4. The van der Waals surface area contributed by atoms with Gasteiger partial charge in [0.25, 0.3) is 0 Å². The number of nitrogens with one attached hydrogen (secondary N) is 1. The Labute approximate surface area is 174 Å². The lowest BCUT2D eigenvalue weighted by Crippen LogP contribution is -2.52. The molecule has 3 rings (SSSR count). The van der Waals surface area contributed by atoms with Gasteiger partial charge < -0.3 is 14.7 Å². The third-order valence-corrected chi connectivity index (χ3v) is 5.33. The highest BCUT2D eigenvalue weighted by Gasteiger charge is 2.20. The molecule has 6 nitrogen and oxygen atoms in total. The van der Waals surface area contributed by atoms with Crippen LogP contribution in [0.2, 0.25) is 4.34 Å². The molecule has 1 aliphatic rings. The summed E-state index contributed by atoms with van der Waals surface area (Å²) >= 11 is 7.60. The number of rotatable bonds is 5. The maximum Gasteiger partial charge on any atom is 0.193 e. The lowest BCUT2D eigenvalue weighted by Gasteiger charge is -2.36. The van der Waals surface area contributed by atoms with Crippen LogP contribution in [0.3, 0.4) is 0 Å². The van der Waals surface area contributed by atoms with Crippen molar-refractivity contribution in [1.29, 1.82) is 0 Å². The van der Waals surface area contributed by atoms with Crippen LogP contribution in [0.4, 0.5) is 0 Å². The predicted molar refractivity (Wildman–Crippen MR) is 113 cm³/mol. The van der Waals surface area contributed by atoms with Crippen LogP contribution in [0.15, 0.2) is 34.0 Å². The first-order valence-electron chi connectivity index (χ1n) is 8.06. The first-order valence-corrected chi connectivity index (χ1v) is 9.25. The summed E-state index contributed by atoms with van der Waals surface area (Å²) < 4.78 is 5.74. The van der Waals surface area contributed by atoms with Gasteiger partial charge in [-0.3, -0.25) is 9.89 Å². The van der Waals surface area contributed by atoms with Gasteiger partial charge in [-0.05, 0) is 18.6 Å². The Morgan fingerprint density at radius 2 is 2.12 bits per heavy atom. The van der Waals surface area contributed by atoms with Crippen molar-refractivity contribution in [3.63, 3.8) is 0 Å². The number of hydrogen-bond acceptors (Lipinski definition) is 5.